The summed E-state index contributed by atoms with van der Waals surface area (Å²) < 4.78 is 68.5. The zero-order chi connectivity index (χ0) is 77.4. The molecule has 0 radical (unpaired) electrons. The summed E-state index contributed by atoms with van der Waals surface area (Å²) >= 11 is 0. The number of ether oxygens (including phenoxy) is 4. The molecule has 0 spiro atoms. The highest BCUT2D eigenvalue weighted by molar-refractivity contribution is 7.47. The quantitative estimate of drug-likeness (QED) is 0.0169. The average molecular weight is 1520 g/mol. The molecule has 0 amide bonds. The molecule has 3 N–H and O–H groups in total. The van der Waals surface area contributed by atoms with Crippen LogP contribution in [0.4, 0.5) is 0 Å². The smallest absolute Gasteiger partial charge is 0.462 e. The van der Waals surface area contributed by atoms with Crippen LogP contribution in [-0.4, -0.2) is 96.7 Å². The van der Waals surface area contributed by atoms with E-state index in [1.165, 1.54) is 19.3 Å². The number of aliphatic hydroxyl groups excluding tert-OH is 1. The number of rotatable bonds is 73. The molecule has 19 heteroatoms. The molecule has 0 aromatic rings. The first-order valence-corrected chi connectivity index (χ1v) is 43.0. The van der Waals surface area contributed by atoms with Gasteiger partial charge in [0.25, 0.3) is 0 Å². The Bertz CT molecular complexity index is 2730. The number of esters is 4. The summed E-state index contributed by atoms with van der Waals surface area (Å²) in [6, 6.07) is 0. The molecule has 0 bridgehead atoms. The van der Waals surface area contributed by atoms with Gasteiger partial charge >= 0.3 is 39.5 Å². The van der Waals surface area contributed by atoms with Crippen molar-refractivity contribution in [1.82, 2.24) is 0 Å². The molecule has 17 nitrogen and oxygen atoms in total. The summed E-state index contributed by atoms with van der Waals surface area (Å²) in [5.41, 5.74) is 0. The van der Waals surface area contributed by atoms with Crippen molar-refractivity contribution < 1.29 is 80.2 Å². The standard InChI is InChI=1S/C87H140O17P2/c1-5-9-13-17-21-25-29-33-37-39-40-42-46-48-52-56-60-64-68-72-85(90)98-78-83(104-87(92)74-70-66-62-58-54-50-44-36-32-28-24-20-16-12-8-4)80-102-106(95,96)100-76-81(88)75-99-105(93,94)101-79-82(103-86(91)73-69-65-61-57-53-49-43-35-31-27-23-19-15-11-7-3)77-97-84(89)71-67-63-59-55-51-47-45-41-38-34-30-26-22-18-14-10-6-2/h9-11,13-15,21-28,33-38,40,42-44,48,52-53,57,60,64,81-83,88H,5-8,12,16-20,29-32,39,41,45-47,49-51,54-56,58-59,61-63,65-80H2,1-4H3,(H,93,94)(H,95,96)/b13-9-,14-10-,15-11-,25-21-,26-22-,27-23-,28-24-,37-33-,38-34-,42-40-,43-35-,44-36-,52-48-,57-53-,64-60-. The number of allylic oxidation sites excluding steroid dienone is 30. The van der Waals surface area contributed by atoms with Gasteiger partial charge in [-0.3, -0.25) is 37.3 Å². The highest BCUT2D eigenvalue weighted by Gasteiger charge is 2.30. The Morgan fingerprint density at radius 1 is 0.274 bits per heavy atom. The van der Waals surface area contributed by atoms with Crippen molar-refractivity contribution in [3.63, 3.8) is 0 Å². The van der Waals surface area contributed by atoms with E-state index in [0.29, 0.717) is 38.5 Å². The maximum Gasteiger partial charge on any atom is 0.472 e. The van der Waals surface area contributed by atoms with E-state index >= 15 is 0 Å². The van der Waals surface area contributed by atoms with Crippen LogP contribution in [0.15, 0.2) is 182 Å². The fourth-order valence-corrected chi connectivity index (χ4v) is 11.4. The topological polar surface area (TPSA) is 237 Å². The molecule has 0 rings (SSSR count). The van der Waals surface area contributed by atoms with Crippen molar-refractivity contribution in [3.05, 3.63) is 182 Å². The largest absolute Gasteiger partial charge is 0.472 e. The second-order valence-corrected chi connectivity index (χ2v) is 28.8. The average Bonchev–Trinajstić information content (AvgIpc) is 0.909. The zero-order valence-corrected chi connectivity index (χ0v) is 67.3. The SMILES string of the molecule is CC/C=C\C/C=C\C/C=C\C/C=C\C/C=C\C/C=C\CCC(=O)OCC(COP(=O)(O)OCC(O)COP(=O)(O)OCC(COC(=O)CCCCCCCCC/C=C\C/C=C\C/C=C\CC)OC(=O)CCCC/C=C\C/C=C\C/C=C\C/C=C\CC)OC(=O)CCCCCCC/C=C\C/C=C\CCCCC. The Morgan fingerprint density at radius 3 is 0.830 bits per heavy atom. The van der Waals surface area contributed by atoms with Gasteiger partial charge in [0.15, 0.2) is 12.2 Å². The van der Waals surface area contributed by atoms with Crippen LogP contribution in [0.3, 0.4) is 0 Å². The van der Waals surface area contributed by atoms with Gasteiger partial charge in [-0.05, 0) is 167 Å². The van der Waals surface area contributed by atoms with Gasteiger partial charge in [-0.15, -0.1) is 0 Å². The lowest BCUT2D eigenvalue weighted by Crippen LogP contribution is -2.30. The second kappa shape index (κ2) is 77.3. The third-order valence-electron chi connectivity index (χ3n) is 15.9. The molecule has 0 aliphatic heterocycles. The van der Waals surface area contributed by atoms with Crippen LogP contribution in [-0.2, 0) is 65.4 Å². The normalized spacial score (nSPS) is 14.8. The predicted molar refractivity (Wildman–Crippen MR) is 436 cm³/mol. The Kier molecular flexibility index (Phi) is 73.1. The number of carbonyl (C=O) groups excluding carboxylic acids is 4. The second-order valence-electron chi connectivity index (χ2n) is 25.9. The van der Waals surface area contributed by atoms with Gasteiger partial charge in [0.05, 0.1) is 26.4 Å². The Balaban J connectivity index is 5.49. The van der Waals surface area contributed by atoms with Crippen molar-refractivity contribution in [2.24, 2.45) is 0 Å². The molecule has 0 saturated carbocycles. The van der Waals surface area contributed by atoms with Crippen molar-refractivity contribution >= 4 is 39.5 Å². The molecule has 106 heavy (non-hydrogen) atoms. The Hall–Kier alpha value is -5.84. The van der Waals surface area contributed by atoms with E-state index in [9.17, 15) is 43.2 Å². The van der Waals surface area contributed by atoms with Crippen LogP contribution in [0.5, 0.6) is 0 Å². The Labute approximate surface area is 641 Å². The highest BCUT2D eigenvalue weighted by atomic mass is 31.2. The molecular formula is C87H140O17P2. The van der Waals surface area contributed by atoms with Gasteiger partial charge < -0.3 is 33.8 Å². The van der Waals surface area contributed by atoms with E-state index in [0.717, 1.165) is 173 Å². The van der Waals surface area contributed by atoms with Gasteiger partial charge in [-0.2, -0.15) is 0 Å². The van der Waals surface area contributed by atoms with Crippen LogP contribution < -0.4 is 0 Å². The van der Waals surface area contributed by atoms with E-state index in [2.05, 4.69) is 192 Å². The molecule has 0 fully saturated rings. The molecular weight excluding hydrogens is 1380 g/mol. The molecule has 0 aliphatic carbocycles. The number of carbonyl (C=O) groups is 4. The number of hydrogen-bond donors (Lipinski definition) is 3. The summed E-state index contributed by atoms with van der Waals surface area (Å²) in [6.07, 6.45) is 93.2. The van der Waals surface area contributed by atoms with Crippen molar-refractivity contribution in [2.45, 2.75) is 303 Å². The zero-order valence-electron chi connectivity index (χ0n) is 65.5. The molecule has 0 saturated heterocycles. The van der Waals surface area contributed by atoms with Gasteiger partial charge in [0.1, 0.15) is 19.3 Å². The Morgan fingerprint density at radius 2 is 0.509 bits per heavy atom. The number of phosphoric acid groups is 2. The summed E-state index contributed by atoms with van der Waals surface area (Å²) in [5.74, 6) is -2.36. The van der Waals surface area contributed by atoms with Crippen molar-refractivity contribution in [2.75, 3.05) is 39.6 Å². The van der Waals surface area contributed by atoms with Crippen LogP contribution >= 0.6 is 15.6 Å². The minimum atomic E-state index is -5.01. The number of aliphatic hydroxyl groups is 1. The van der Waals surface area contributed by atoms with Gasteiger partial charge in [0, 0.05) is 25.7 Å². The van der Waals surface area contributed by atoms with Crippen LogP contribution in [0.2, 0.25) is 0 Å². The predicted octanol–water partition coefficient (Wildman–Crippen LogP) is 23.6. The summed E-state index contributed by atoms with van der Waals surface area (Å²) in [4.78, 5) is 73.0. The minimum Gasteiger partial charge on any atom is -0.462 e. The molecule has 600 valence electrons. The maximum atomic E-state index is 13.1. The van der Waals surface area contributed by atoms with E-state index in [4.69, 9.17) is 37.0 Å². The molecule has 0 aliphatic rings. The van der Waals surface area contributed by atoms with Crippen molar-refractivity contribution in [3.8, 4) is 0 Å². The minimum absolute atomic E-state index is 0.0258. The fourth-order valence-electron chi connectivity index (χ4n) is 9.87. The summed E-state index contributed by atoms with van der Waals surface area (Å²) in [6.45, 7) is 4.33. The highest BCUT2D eigenvalue weighted by Crippen LogP contribution is 2.45. The van der Waals surface area contributed by atoms with Crippen LogP contribution in [0, 0.1) is 0 Å². The summed E-state index contributed by atoms with van der Waals surface area (Å²) in [7, 11) is -10.0. The number of unbranched alkanes of at least 4 members (excludes halogenated alkanes) is 17. The van der Waals surface area contributed by atoms with Crippen LogP contribution in [0.1, 0.15) is 285 Å². The van der Waals surface area contributed by atoms with E-state index in [-0.39, 0.29) is 25.7 Å². The van der Waals surface area contributed by atoms with E-state index in [1.54, 1.807) is 0 Å². The van der Waals surface area contributed by atoms with E-state index in [1.807, 2.05) is 18.2 Å². The van der Waals surface area contributed by atoms with Crippen molar-refractivity contribution in [1.29, 1.82) is 0 Å². The summed E-state index contributed by atoms with van der Waals surface area (Å²) in [5, 5.41) is 10.6. The maximum absolute atomic E-state index is 13.1. The third kappa shape index (κ3) is 76.4. The first-order valence-electron chi connectivity index (χ1n) is 40.0. The monoisotopic (exact) mass is 1520 g/mol. The molecule has 0 heterocycles. The molecule has 0 aromatic carbocycles. The van der Waals surface area contributed by atoms with E-state index < -0.39 is 97.5 Å². The first kappa shape index (κ1) is 100. The van der Waals surface area contributed by atoms with Crippen LogP contribution in [0.25, 0.3) is 0 Å². The number of hydrogen-bond acceptors (Lipinski definition) is 15. The third-order valence-corrected chi connectivity index (χ3v) is 17.8. The van der Waals surface area contributed by atoms with Gasteiger partial charge in [-0.1, -0.05) is 274 Å². The van der Waals surface area contributed by atoms with Gasteiger partial charge in [-0.25, -0.2) is 9.13 Å². The molecule has 0 aromatic heterocycles. The lowest BCUT2D eigenvalue weighted by Gasteiger charge is -2.21. The number of phosphoric ester groups is 2. The molecule has 5 atom stereocenters. The first-order chi connectivity index (χ1) is 51.7. The van der Waals surface area contributed by atoms with Gasteiger partial charge in [0.2, 0.25) is 0 Å². The molecule has 5 unspecified atom stereocenters. The lowest BCUT2D eigenvalue weighted by molar-refractivity contribution is -0.161. The lowest BCUT2D eigenvalue weighted by atomic mass is 10.1. The fraction of sp³-hybridized carbons (Fsp3) is 0.609.